The summed E-state index contributed by atoms with van der Waals surface area (Å²) < 4.78 is 11.5. The van der Waals surface area contributed by atoms with Crippen LogP contribution >= 0.6 is 0 Å². The number of ether oxygens (including phenoxy) is 2. The fourth-order valence-electron chi connectivity index (χ4n) is 3.07. The number of hydrogen-bond acceptors (Lipinski definition) is 4. The van der Waals surface area contributed by atoms with E-state index in [1.54, 1.807) is 6.07 Å². The Balaban J connectivity index is 1.86. The zero-order valence-electron chi connectivity index (χ0n) is 11.3. The van der Waals surface area contributed by atoms with Crippen molar-refractivity contribution in [3.05, 3.63) is 23.8 Å². The molecule has 104 valence electrons. The van der Waals surface area contributed by atoms with Gasteiger partial charge in [-0.2, -0.15) is 0 Å². The third kappa shape index (κ3) is 2.42. The molecule has 2 atom stereocenters. The monoisotopic (exact) mass is 263 g/mol. The molecule has 0 aliphatic carbocycles. The van der Waals surface area contributed by atoms with E-state index in [0.717, 1.165) is 50.5 Å². The largest absolute Gasteiger partial charge is 0.508 e. The molecule has 4 heteroatoms. The summed E-state index contributed by atoms with van der Waals surface area (Å²) in [6.07, 6.45) is 2.29. The molecule has 2 heterocycles. The number of fused-ring (bicyclic) bond motifs is 1. The lowest BCUT2D eigenvalue weighted by Gasteiger charge is -2.34. The van der Waals surface area contributed by atoms with Crippen molar-refractivity contribution in [1.29, 1.82) is 0 Å². The maximum Gasteiger partial charge on any atom is 0.159 e. The lowest BCUT2D eigenvalue weighted by Crippen LogP contribution is -2.47. The average molecular weight is 263 g/mol. The Morgan fingerprint density at radius 3 is 2.84 bits per heavy atom. The Labute approximate surface area is 113 Å². The van der Waals surface area contributed by atoms with Crippen molar-refractivity contribution >= 4 is 0 Å². The number of morpholine rings is 1. The molecule has 1 aromatic carbocycles. The van der Waals surface area contributed by atoms with Gasteiger partial charge in [0.25, 0.3) is 0 Å². The van der Waals surface area contributed by atoms with E-state index in [-0.39, 0.29) is 6.23 Å². The second-order valence-corrected chi connectivity index (χ2v) is 5.27. The van der Waals surface area contributed by atoms with E-state index < -0.39 is 0 Å². The predicted molar refractivity (Wildman–Crippen MR) is 72.6 cm³/mol. The van der Waals surface area contributed by atoms with Gasteiger partial charge in [-0.25, -0.2) is 0 Å². The number of phenolic OH excluding ortho intramolecular Hbond substituents is 1. The molecule has 0 bridgehead atoms. The predicted octanol–water partition coefficient (Wildman–Crippen LogP) is 2.33. The van der Waals surface area contributed by atoms with Gasteiger partial charge in [0.05, 0.1) is 13.2 Å². The molecule has 0 spiro atoms. The van der Waals surface area contributed by atoms with Gasteiger partial charge < -0.3 is 14.6 Å². The Kier molecular flexibility index (Phi) is 3.62. The minimum absolute atomic E-state index is 0.0978. The van der Waals surface area contributed by atoms with Gasteiger partial charge in [-0.1, -0.05) is 13.3 Å². The molecule has 2 aliphatic heterocycles. The highest BCUT2D eigenvalue weighted by molar-refractivity contribution is 5.45. The highest BCUT2D eigenvalue weighted by Gasteiger charge is 2.38. The number of rotatable bonds is 3. The molecule has 1 saturated heterocycles. The summed E-state index contributed by atoms with van der Waals surface area (Å²) >= 11 is 0. The van der Waals surface area contributed by atoms with Gasteiger partial charge in [0.15, 0.2) is 6.23 Å². The molecule has 1 fully saturated rings. The molecule has 2 aliphatic rings. The molecule has 0 aromatic heterocycles. The smallest absolute Gasteiger partial charge is 0.159 e. The fourth-order valence-corrected chi connectivity index (χ4v) is 3.07. The van der Waals surface area contributed by atoms with E-state index in [1.807, 2.05) is 12.1 Å². The van der Waals surface area contributed by atoms with Gasteiger partial charge in [0.2, 0.25) is 0 Å². The van der Waals surface area contributed by atoms with Crippen LogP contribution in [-0.2, 0) is 4.74 Å². The van der Waals surface area contributed by atoms with E-state index in [4.69, 9.17) is 9.47 Å². The molecule has 1 aromatic rings. The summed E-state index contributed by atoms with van der Waals surface area (Å²) in [6, 6.07) is 5.44. The van der Waals surface area contributed by atoms with Crippen molar-refractivity contribution in [1.82, 2.24) is 4.90 Å². The van der Waals surface area contributed by atoms with E-state index in [9.17, 15) is 5.11 Å². The normalized spacial score (nSPS) is 27.0. The number of nitrogens with zero attached hydrogens (tertiary/aromatic N) is 1. The summed E-state index contributed by atoms with van der Waals surface area (Å²) in [5, 5.41) is 9.69. The first-order valence-electron chi connectivity index (χ1n) is 7.11. The van der Waals surface area contributed by atoms with Crippen LogP contribution in [0.4, 0.5) is 0 Å². The van der Waals surface area contributed by atoms with E-state index in [1.165, 1.54) is 0 Å². The molecule has 19 heavy (non-hydrogen) atoms. The second-order valence-electron chi connectivity index (χ2n) is 5.27. The van der Waals surface area contributed by atoms with Gasteiger partial charge in [-0.3, -0.25) is 4.90 Å². The Bertz CT molecular complexity index is 443. The zero-order valence-corrected chi connectivity index (χ0v) is 11.3. The zero-order chi connectivity index (χ0) is 13.2. The van der Waals surface area contributed by atoms with Gasteiger partial charge in [-0.15, -0.1) is 0 Å². The minimum Gasteiger partial charge on any atom is -0.508 e. The number of hydrogen-bond donors (Lipinski definition) is 1. The Morgan fingerprint density at radius 2 is 2.11 bits per heavy atom. The summed E-state index contributed by atoms with van der Waals surface area (Å²) in [7, 11) is 0. The third-order valence-corrected chi connectivity index (χ3v) is 3.99. The quantitative estimate of drug-likeness (QED) is 0.909. The molecule has 0 radical (unpaired) electrons. The lowest BCUT2D eigenvalue weighted by molar-refractivity contribution is -0.0474. The molecule has 3 rings (SSSR count). The van der Waals surface area contributed by atoms with Crippen LogP contribution in [0.2, 0.25) is 0 Å². The van der Waals surface area contributed by atoms with Gasteiger partial charge in [0.1, 0.15) is 11.5 Å². The highest BCUT2D eigenvalue weighted by atomic mass is 16.5. The van der Waals surface area contributed by atoms with E-state index >= 15 is 0 Å². The average Bonchev–Trinajstić information content (AvgIpc) is 2.79. The van der Waals surface area contributed by atoms with Crippen LogP contribution in [0, 0.1) is 0 Å². The van der Waals surface area contributed by atoms with Crippen LogP contribution in [-0.4, -0.2) is 42.5 Å². The molecule has 2 unspecified atom stereocenters. The maximum atomic E-state index is 9.69. The molecule has 4 nitrogen and oxygen atoms in total. The van der Waals surface area contributed by atoms with Gasteiger partial charge in [-0.05, 0) is 24.6 Å². The fraction of sp³-hybridized carbons (Fsp3) is 0.600. The first-order chi connectivity index (χ1) is 9.29. The van der Waals surface area contributed by atoms with Crippen molar-refractivity contribution in [2.45, 2.75) is 31.9 Å². The Hall–Kier alpha value is -1.26. The Morgan fingerprint density at radius 1 is 1.32 bits per heavy atom. The molecule has 1 N–H and O–H groups in total. The van der Waals surface area contributed by atoms with Crippen LogP contribution in [0.1, 0.15) is 31.2 Å². The first-order valence-corrected chi connectivity index (χ1v) is 7.11. The van der Waals surface area contributed by atoms with Crippen LogP contribution in [0.15, 0.2) is 18.2 Å². The molecule has 0 saturated carbocycles. The highest BCUT2D eigenvalue weighted by Crippen LogP contribution is 2.43. The molecular weight excluding hydrogens is 242 g/mol. The molecule has 0 amide bonds. The van der Waals surface area contributed by atoms with E-state index in [2.05, 4.69) is 11.8 Å². The van der Waals surface area contributed by atoms with Crippen molar-refractivity contribution in [3.63, 3.8) is 0 Å². The van der Waals surface area contributed by atoms with Crippen molar-refractivity contribution < 1.29 is 14.6 Å². The summed E-state index contributed by atoms with van der Waals surface area (Å²) in [4.78, 5) is 2.36. The van der Waals surface area contributed by atoms with Gasteiger partial charge >= 0.3 is 0 Å². The molecular formula is C15H21NO3. The van der Waals surface area contributed by atoms with Gasteiger partial charge in [0, 0.05) is 24.6 Å². The van der Waals surface area contributed by atoms with Crippen molar-refractivity contribution in [3.8, 4) is 11.5 Å². The topological polar surface area (TPSA) is 41.9 Å². The minimum atomic E-state index is 0.0978. The van der Waals surface area contributed by atoms with Crippen LogP contribution < -0.4 is 4.74 Å². The standard InChI is InChI=1S/C15H21NO3/c1-2-3-12-13-10-11(17)4-5-14(13)19-15(12)16-6-8-18-9-7-16/h4-5,10,12,15,17H,2-3,6-9H2,1H3. The number of benzene rings is 1. The van der Waals surface area contributed by atoms with Crippen molar-refractivity contribution in [2.75, 3.05) is 26.3 Å². The number of phenols is 1. The summed E-state index contributed by atoms with van der Waals surface area (Å²) in [5.41, 5.74) is 1.15. The second kappa shape index (κ2) is 5.39. The van der Waals surface area contributed by atoms with Crippen LogP contribution in [0.25, 0.3) is 0 Å². The summed E-state index contributed by atoms with van der Waals surface area (Å²) in [5.74, 6) is 1.60. The third-order valence-electron chi connectivity index (χ3n) is 3.99. The maximum absolute atomic E-state index is 9.69. The van der Waals surface area contributed by atoms with Crippen molar-refractivity contribution in [2.24, 2.45) is 0 Å². The number of aromatic hydroxyl groups is 1. The first kappa shape index (κ1) is 12.8. The summed E-state index contributed by atoms with van der Waals surface area (Å²) in [6.45, 7) is 5.59. The SMILES string of the molecule is CCCC1c2cc(O)ccc2OC1N1CCOCC1. The van der Waals surface area contributed by atoms with Crippen LogP contribution in [0.3, 0.4) is 0 Å². The lowest BCUT2D eigenvalue weighted by atomic mass is 9.93. The van der Waals surface area contributed by atoms with E-state index in [0.29, 0.717) is 11.7 Å². The van der Waals surface area contributed by atoms with Crippen LogP contribution in [0.5, 0.6) is 11.5 Å².